The van der Waals surface area contributed by atoms with Crippen LogP contribution < -0.4 is 5.73 Å². The summed E-state index contributed by atoms with van der Waals surface area (Å²) in [6.07, 6.45) is 0. The van der Waals surface area contributed by atoms with Gasteiger partial charge in [-0.15, -0.1) is 0 Å². The summed E-state index contributed by atoms with van der Waals surface area (Å²) in [5.74, 6) is 2.32. The Morgan fingerprint density at radius 1 is 1.21 bits per heavy atom. The highest BCUT2D eigenvalue weighted by molar-refractivity contribution is 5.81. The number of fused-ring (bicyclic) bond motifs is 1. The number of nitrogens with two attached hydrogens (primary N) is 1. The first-order chi connectivity index (χ1) is 9.08. The number of anilines is 1. The molecule has 0 saturated carbocycles. The van der Waals surface area contributed by atoms with E-state index in [4.69, 9.17) is 10.2 Å². The molecule has 2 aromatic heterocycles. The summed E-state index contributed by atoms with van der Waals surface area (Å²) in [5.41, 5.74) is 9.24. The fourth-order valence-electron chi connectivity index (χ4n) is 2.54. The number of para-hydroxylation sites is 1. The predicted molar refractivity (Wildman–Crippen MR) is 76.1 cm³/mol. The minimum absolute atomic E-state index is 0.0276. The molecule has 98 valence electrons. The Labute approximate surface area is 111 Å². The van der Waals surface area contributed by atoms with E-state index >= 15 is 0 Å². The van der Waals surface area contributed by atoms with Gasteiger partial charge in [-0.2, -0.15) is 0 Å². The minimum Gasteiger partial charge on any atom is -0.464 e. The molecule has 0 bridgehead atoms. The lowest BCUT2D eigenvalue weighted by Crippen LogP contribution is -2.10. The molecule has 1 atom stereocenters. The van der Waals surface area contributed by atoms with Gasteiger partial charge in [-0.05, 0) is 44.5 Å². The van der Waals surface area contributed by atoms with Crippen LogP contribution in [-0.2, 0) is 0 Å². The second kappa shape index (κ2) is 4.16. The third kappa shape index (κ3) is 1.80. The number of benzene rings is 1. The maximum atomic E-state index is 6.08. The number of nitrogen functional groups attached to an aromatic ring is 1. The highest BCUT2D eigenvalue weighted by Gasteiger charge is 2.19. The van der Waals surface area contributed by atoms with Gasteiger partial charge in [0.1, 0.15) is 11.5 Å². The summed E-state index contributed by atoms with van der Waals surface area (Å²) in [6, 6.07) is 10.0. The Morgan fingerprint density at radius 3 is 2.68 bits per heavy atom. The van der Waals surface area contributed by atoms with E-state index in [0.717, 1.165) is 28.1 Å². The molecular weight excluding hydrogens is 238 g/mol. The zero-order chi connectivity index (χ0) is 13.6. The largest absolute Gasteiger partial charge is 0.464 e. The number of furan rings is 1. The number of aromatic nitrogens is 2. The number of nitrogens with zero attached hydrogens (tertiary/aromatic N) is 2. The number of hydrogen-bond donors (Lipinski definition) is 1. The lowest BCUT2D eigenvalue weighted by Gasteiger charge is -2.14. The second-order valence-electron chi connectivity index (χ2n) is 4.91. The zero-order valence-electron chi connectivity index (χ0n) is 11.3. The van der Waals surface area contributed by atoms with Crippen LogP contribution in [0.15, 0.2) is 34.7 Å². The van der Waals surface area contributed by atoms with Gasteiger partial charge >= 0.3 is 0 Å². The van der Waals surface area contributed by atoms with Crippen LogP contribution in [0.25, 0.3) is 11.0 Å². The molecule has 19 heavy (non-hydrogen) atoms. The molecule has 2 heterocycles. The van der Waals surface area contributed by atoms with Gasteiger partial charge in [-0.1, -0.05) is 12.1 Å². The summed E-state index contributed by atoms with van der Waals surface area (Å²) in [4.78, 5) is 4.43. The molecule has 0 aliphatic carbocycles. The normalized spacial score (nSPS) is 13.0. The highest BCUT2D eigenvalue weighted by Crippen LogP contribution is 2.29. The average Bonchev–Trinajstić information content (AvgIpc) is 2.92. The molecule has 3 rings (SSSR count). The summed E-state index contributed by atoms with van der Waals surface area (Å²) >= 11 is 0. The van der Waals surface area contributed by atoms with Gasteiger partial charge in [0.15, 0.2) is 0 Å². The van der Waals surface area contributed by atoms with Crippen molar-refractivity contribution in [3.63, 3.8) is 0 Å². The van der Waals surface area contributed by atoms with Crippen molar-refractivity contribution in [1.82, 2.24) is 9.55 Å². The minimum atomic E-state index is 0.0276. The summed E-state index contributed by atoms with van der Waals surface area (Å²) < 4.78 is 7.74. The molecule has 0 saturated heterocycles. The molecule has 1 unspecified atom stereocenters. The van der Waals surface area contributed by atoms with Gasteiger partial charge in [0.05, 0.1) is 17.1 Å². The van der Waals surface area contributed by atoms with Gasteiger partial charge in [0.25, 0.3) is 0 Å². The Morgan fingerprint density at radius 2 is 2.00 bits per heavy atom. The van der Waals surface area contributed by atoms with E-state index in [1.807, 2.05) is 35.8 Å². The van der Waals surface area contributed by atoms with Crippen LogP contribution in [0, 0.1) is 13.8 Å². The van der Waals surface area contributed by atoms with Gasteiger partial charge in [-0.25, -0.2) is 4.98 Å². The van der Waals surface area contributed by atoms with Crippen LogP contribution >= 0.6 is 0 Å². The van der Waals surface area contributed by atoms with Gasteiger partial charge < -0.3 is 10.2 Å². The average molecular weight is 255 g/mol. The standard InChI is InChI=1S/C15H17N3O/c1-9-5-4-6-12-14(9)18(15(16)17-12)11(3)13-8-7-10(2)19-13/h4-8,11H,1-3H3,(H2,16,17). The van der Waals surface area contributed by atoms with E-state index in [0.29, 0.717) is 5.95 Å². The third-order valence-electron chi connectivity index (χ3n) is 3.50. The highest BCUT2D eigenvalue weighted by atomic mass is 16.3. The van der Waals surface area contributed by atoms with Crippen molar-refractivity contribution in [3.05, 3.63) is 47.4 Å². The van der Waals surface area contributed by atoms with Crippen molar-refractivity contribution in [3.8, 4) is 0 Å². The number of hydrogen-bond acceptors (Lipinski definition) is 3. The van der Waals surface area contributed by atoms with E-state index in [2.05, 4.69) is 24.9 Å². The zero-order valence-corrected chi connectivity index (χ0v) is 11.3. The molecule has 4 heteroatoms. The fourth-order valence-corrected chi connectivity index (χ4v) is 2.54. The first kappa shape index (κ1) is 11.8. The smallest absolute Gasteiger partial charge is 0.201 e. The quantitative estimate of drug-likeness (QED) is 0.763. The Bertz CT molecular complexity index is 739. The van der Waals surface area contributed by atoms with Crippen LogP contribution in [-0.4, -0.2) is 9.55 Å². The molecule has 0 amide bonds. The number of rotatable bonds is 2. The predicted octanol–water partition coefficient (Wildman–Crippen LogP) is 3.44. The lowest BCUT2D eigenvalue weighted by molar-refractivity contribution is 0.435. The number of aryl methyl sites for hydroxylation is 2. The van der Waals surface area contributed by atoms with Crippen LogP contribution in [0.2, 0.25) is 0 Å². The molecule has 0 spiro atoms. The molecule has 0 radical (unpaired) electrons. The van der Waals surface area contributed by atoms with E-state index in [-0.39, 0.29) is 6.04 Å². The van der Waals surface area contributed by atoms with Crippen LogP contribution in [0.3, 0.4) is 0 Å². The monoisotopic (exact) mass is 255 g/mol. The molecule has 1 aromatic carbocycles. The van der Waals surface area contributed by atoms with Crippen molar-refractivity contribution in [1.29, 1.82) is 0 Å². The summed E-state index contributed by atoms with van der Waals surface area (Å²) in [5, 5.41) is 0. The second-order valence-corrected chi connectivity index (χ2v) is 4.91. The Hall–Kier alpha value is -2.23. The summed E-state index contributed by atoms with van der Waals surface area (Å²) in [7, 11) is 0. The van der Waals surface area contributed by atoms with E-state index < -0.39 is 0 Å². The maximum Gasteiger partial charge on any atom is 0.201 e. The molecular formula is C15H17N3O. The molecule has 4 nitrogen and oxygen atoms in total. The maximum absolute atomic E-state index is 6.08. The van der Waals surface area contributed by atoms with Gasteiger partial charge in [0, 0.05) is 0 Å². The lowest BCUT2D eigenvalue weighted by atomic mass is 10.2. The van der Waals surface area contributed by atoms with Crippen LogP contribution in [0.5, 0.6) is 0 Å². The molecule has 2 N–H and O–H groups in total. The van der Waals surface area contributed by atoms with Crippen molar-refractivity contribution < 1.29 is 4.42 Å². The molecule has 0 fully saturated rings. The Balaban J connectivity index is 2.22. The van der Waals surface area contributed by atoms with E-state index in [9.17, 15) is 0 Å². The first-order valence-electron chi connectivity index (χ1n) is 6.37. The van der Waals surface area contributed by atoms with Crippen molar-refractivity contribution in [2.45, 2.75) is 26.8 Å². The van der Waals surface area contributed by atoms with Crippen LogP contribution in [0.4, 0.5) is 5.95 Å². The van der Waals surface area contributed by atoms with Crippen molar-refractivity contribution in [2.24, 2.45) is 0 Å². The Kier molecular flexibility index (Phi) is 2.59. The third-order valence-corrected chi connectivity index (χ3v) is 3.50. The van der Waals surface area contributed by atoms with Gasteiger partial charge in [0.2, 0.25) is 5.95 Å². The van der Waals surface area contributed by atoms with Gasteiger partial charge in [-0.3, -0.25) is 4.57 Å². The summed E-state index contributed by atoms with van der Waals surface area (Å²) in [6.45, 7) is 6.08. The first-order valence-corrected chi connectivity index (χ1v) is 6.37. The topological polar surface area (TPSA) is 57.0 Å². The van der Waals surface area contributed by atoms with Crippen molar-refractivity contribution >= 4 is 17.0 Å². The van der Waals surface area contributed by atoms with Crippen LogP contribution in [0.1, 0.15) is 30.0 Å². The fraction of sp³-hybridized carbons (Fsp3) is 0.267. The van der Waals surface area contributed by atoms with E-state index in [1.54, 1.807) is 0 Å². The van der Waals surface area contributed by atoms with E-state index in [1.165, 1.54) is 0 Å². The SMILES string of the molecule is Cc1ccc(C(C)n2c(N)nc3cccc(C)c32)o1. The van der Waals surface area contributed by atoms with Crippen molar-refractivity contribution in [2.75, 3.05) is 5.73 Å². The number of imidazole rings is 1. The molecule has 0 aliphatic rings. The molecule has 3 aromatic rings. The molecule has 0 aliphatic heterocycles.